The van der Waals surface area contributed by atoms with Crippen molar-refractivity contribution in [2.24, 2.45) is 5.92 Å². The summed E-state index contributed by atoms with van der Waals surface area (Å²) >= 11 is 0. The molecule has 0 unspecified atom stereocenters. The molecule has 3 atom stereocenters. The summed E-state index contributed by atoms with van der Waals surface area (Å²) in [4.78, 5) is 38.4. The lowest BCUT2D eigenvalue weighted by atomic mass is 9.91. The average Bonchev–Trinajstić information content (AvgIpc) is 3.37. The Labute approximate surface area is 192 Å². The SMILES string of the molecule is CCCCOc1ccc(N2C(=O)[C@@H]3[C@@H](ON(c4ccccc4)[C@H]3c3ccncc3)C2=O)cc1. The lowest BCUT2D eigenvalue weighted by molar-refractivity contribution is -0.126. The van der Waals surface area contributed by atoms with E-state index in [2.05, 4.69) is 11.9 Å². The van der Waals surface area contributed by atoms with Crippen LogP contribution < -0.4 is 14.7 Å². The van der Waals surface area contributed by atoms with E-state index < -0.39 is 18.1 Å². The second-order valence-electron chi connectivity index (χ2n) is 8.15. The predicted molar refractivity (Wildman–Crippen MR) is 124 cm³/mol. The molecule has 0 radical (unpaired) electrons. The van der Waals surface area contributed by atoms with Crippen molar-refractivity contribution < 1.29 is 19.2 Å². The molecule has 168 valence electrons. The number of amides is 2. The normalized spacial score (nSPS) is 22.0. The van der Waals surface area contributed by atoms with Crippen molar-refractivity contribution >= 4 is 23.2 Å². The molecule has 7 nitrogen and oxygen atoms in total. The Bertz CT molecular complexity index is 1120. The van der Waals surface area contributed by atoms with E-state index in [1.807, 2.05) is 42.5 Å². The molecule has 0 spiro atoms. The highest BCUT2D eigenvalue weighted by Crippen LogP contribution is 2.47. The number of unbranched alkanes of at least 4 members (excludes halogenated alkanes) is 1. The van der Waals surface area contributed by atoms with Crippen molar-refractivity contribution in [3.63, 3.8) is 0 Å². The van der Waals surface area contributed by atoms with Gasteiger partial charge in [-0.05, 0) is 60.5 Å². The number of hydrogen-bond acceptors (Lipinski definition) is 6. The molecule has 2 fully saturated rings. The van der Waals surface area contributed by atoms with Crippen molar-refractivity contribution in [3.8, 4) is 5.75 Å². The Hall–Kier alpha value is -3.71. The number of ether oxygens (including phenoxy) is 1. The summed E-state index contributed by atoms with van der Waals surface area (Å²) in [5.74, 6) is -0.583. The van der Waals surface area contributed by atoms with Gasteiger partial charge in [0.05, 0.1) is 24.0 Å². The van der Waals surface area contributed by atoms with Gasteiger partial charge in [-0.25, -0.2) is 9.96 Å². The number of rotatable bonds is 7. The number of pyridine rings is 1. The molecule has 33 heavy (non-hydrogen) atoms. The number of fused-ring (bicyclic) bond motifs is 1. The zero-order valence-electron chi connectivity index (χ0n) is 18.3. The van der Waals surface area contributed by atoms with Crippen LogP contribution in [0.15, 0.2) is 79.1 Å². The zero-order valence-corrected chi connectivity index (χ0v) is 18.3. The van der Waals surface area contributed by atoms with Gasteiger partial charge in [0.2, 0.25) is 5.91 Å². The summed E-state index contributed by atoms with van der Waals surface area (Å²) in [6, 6.07) is 19.8. The van der Waals surface area contributed by atoms with Gasteiger partial charge in [-0.15, -0.1) is 0 Å². The average molecular weight is 444 g/mol. The van der Waals surface area contributed by atoms with Crippen LogP contribution >= 0.6 is 0 Å². The van der Waals surface area contributed by atoms with Gasteiger partial charge in [-0.2, -0.15) is 0 Å². The Morgan fingerprint density at radius 1 is 0.909 bits per heavy atom. The summed E-state index contributed by atoms with van der Waals surface area (Å²) in [6.45, 7) is 2.74. The molecule has 1 aromatic heterocycles. The number of benzene rings is 2. The molecule has 3 heterocycles. The van der Waals surface area contributed by atoms with Gasteiger partial charge in [0.25, 0.3) is 5.91 Å². The van der Waals surface area contributed by atoms with Gasteiger partial charge in [-0.1, -0.05) is 31.5 Å². The van der Waals surface area contributed by atoms with Crippen LogP contribution in [0, 0.1) is 5.92 Å². The summed E-state index contributed by atoms with van der Waals surface area (Å²) in [6.07, 6.45) is 4.50. The first-order chi connectivity index (χ1) is 16.2. The highest BCUT2D eigenvalue weighted by Gasteiger charge is 2.60. The molecule has 2 aliphatic rings. The molecule has 2 aliphatic heterocycles. The fourth-order valence-corrected chi connectivity index (χ4v) is 4.39. The molecule has 7 heteroatoms. The Balaban J connectivity index is 1.45. The van der Waals surface area contributed by atoms with Crippen LogP contribution in [0.2, 0.25) is 0 Å². The minimum Gasteiger partial charge on any atom is -0.494 e. The highest BCUT2D eigenvalue weighted by molar-refractivity contribution is 6.23. The molecule has 5 rings (SSSR count). The molecule has 3 aromatic rings. The largest absolute Gasteiger partial charge is 0.494 e. The summed E-state index contributed by atoms with van der Waals surface area (Å²) in [5.41, 5.74) is 2.17. The number of carbonyl (C=O) groups excluding carboxylic acids is 2. The number of carbonyl (C=O) groups is 2. The third kappa shape index (κ3) is 3.85. The van der Waals surface area contributed by atoms with Crippen molar-refractivity contribution in [3.05, 3.63) is 84.7 Å². The van der Waals surface area contributed by atoms with E-state index in [4.69, 9.17) is 9.57 Å². The first-order valence-corrected chi connectivity index (χ1v) is 11.2. The van der Waals surface area contributed by atoms with Gasteiger partial charge in [0.1, 0.15) is 11.7 Å². The first kappa shape index (κ1) is 21.2. The van der Waals surface area contributed by atoms with Gasteiger partial charge < -0.3 is 4.74 Å². The van der Waals surface area contributed by atoms with Crippen LogP contribution in [0.4, 0.5) is 11.4 Å². The number of nitrogens with zero attached hydrogens (tertiary/aromatic N) is 3. The molecule has 2 saturated heterocycles. The van der Waals surface area contributed by atoms with E-state index in [9.17, 15) is 9.59 Å². The van der Waals surface area contributed by atoms with Crippen LogP contribution in [-0.4, -0.2) is 29.5 Å². The summed E-state index contributed by atoms with van der Waals surface area (Å²) in [7, 11) is 0. The van der Waals surface area contributed by atoms with Crippen LogP contribution in [0.5, 0.6) is 5.75 Å². The third-order valence-corrected chi connectivity index (χ3v) is 6.04. The molecule has 0 bridgehead atoms. The number of para-hydroxylation sites is 1. The van der Waals surface area contributed by atoms with E-state index in [0.717, 1.165) is 24.1 Å². The van der Waals surface area contributed by atoms with Crippen molar-refractivity contribution in [2.75, 3.05) is 16.6 Å². The fraction of sp³-hybridized carbons (Fsp3) is 0.269. The van der Waals surface area contributed by atoms with Crippen LogP contribution in [0.1, 0.15) is 31.4 Å². The summed E-state index contributed by atoms with van der Waals surface area (Å²) in [5, 5.41) is 1.68. The zero-order chi connectivity index (χ0) is 22.8. The van der Waals surface area contributed by atoms with Gasteiger partial charge in [0, 0.05) is 12.4 Å². The second kappa shape index (κ2) is 9.03. The van der Waals surface area contributed by atoms with E-state index >= 15 is 0 Å². The molecule has 0 saturated carbocycles. The predicted octanol–water partition coefficient (Wildman–Crippen LogP) is 4.31. The van der Waals surface area contributed by atoms with E-state index in [1.165, 1.54) is 4.90 Å². The van der Waals surface area contributed by atoms with E-state index in [-0.39, 0.29) is 11.8 Å². The van der Waals surface area contributed by atoms with E-state index in [0.29, 0.717) is 18.0 Å². The van der Waals surface area contributed by atoms with Gasteiger partial charge in [-0.3, -0.25) is 19.4 Å². The third-order valence-electron chi connectivity index (χ3n) is 6.04. The Kier molecular flexibility index (Phi) is 5.79. The highest BCUT2D eigenvalue weighted by atomic mass is 16.7. The van der Waals surface area contributed by atoms with Gasteiger partial charge in [0.15, 0.2) is 6.10 Å². The van der Waals surface area contributed by atoms with Crippen LogP contribution in [-0.2, 0) is 14.4 Å². The second-order valence-corrected chi connectivity index (χ2v) is 8.15. The fourth-order valence-electron chi connectivity index (χ4n) is 4.39. The lowest BCUT2D eigenvalue weighted by Crippen LogP contribution is -2.37. The monoisotopic (exact) mass is 443 g/mol. The minimum atomic E-state index is -0.892. The van der Waals surface area contributed by atoms with E-state index in [1.54, 1.807) is 41.7 Å². The molecular weight excluding hydrogens is 418 g/mol. The molecule has 0 aliphatic carbocycles. The minimum absolute atomic E-state index is 0.273. The first-order valence-electron chi connectivity index (χ1n) is 11.2. The van der Waals surface area contributed by atoms with Crippen molar-refractivity contribution in [1.29, 1.82) is 0 Å². The number of imide groups is 1. The molecular formula is C26H25N3O4. The van der Waals surface area contributed by atoms with Crippen LogP contribution in [0.3, 0.4) is 0 Å². The Morgan fingerprint density at radius 2 is 1.64 bits per heavy atom. The smallest absolute Gasteiger partial charge is 0.266 e. The number of aromatic nitrogens is 1. The molecule has 2 aromatic carbocycles. The van der Waals surface area contributed by atoms with Crippen molar-refractivity contribution in [2.45, 2.75) is 31.9 Å². The Morgan fingerprint density at radius 3 is 2.33 bits per heavy atom. The standard InChI is InChI=1S/C26H25N3O4/c1-2-3-17-32-21-11-9-19(10-12-21)28-25(30)22-23(18-13-15-27-16-14-18)29(33-24(22)26(28)31)20-7-5-4-6-8-20/h4-16,22-24H,2-3,17H2,1H3/t22-,23-,24+/m0/s1. The maximum absolute atomic E-state index is 13.6. The van der Waals surface area contributed by atoms with Gasteiger partial charge >= 0.3 is 0 Å². The summed E-state index contributed by atoms with van der Waals surface area (Å²) < 4.78 is 5.70. The maximum Gasteiger partial charge on any atom is 0.266 e. The number of hydroxylamine groups is 1. The molecule has 0 N–H and O–H groups in total. The van der Waals surface area contributed by atoms with Crippen molar-refractivity contribution in [1.82, 2.24) is 4.98 Å². The topological polar surface area (TPSA) is 72.0 Å². The number of anilines is 2. The van der Waals surface area contributed by atoms with Crippen LogP contribution in [0.25, 0.3) is 0 Å². The number of hydrogen-bond donors (Lipinski definition) is 0. The molecule has 2 amide bonds. The maximum atomic E-state index is 13.6. The lowest BCUT2D eigenvalue weighted by Gasteiger charge is -2.28. The quantitative estimate of drug-likeness (QED) is 0.400.